The summed E-state index contributed by atoms with van der Waals surface area (Å²) in [7, 11) is 1.61. The number of nitrogens with zero attached hydrogens (tertiary/aromatic N) is 5. The van der Waals surface area contributed by atoms with Gasteiger partial charge in [0.2, 0.25) is 0 Å². The number of carbonyl (C=O) groups is 2. The van der Waals surface area contributed by atoms with Crippen LogP contribution in [0.3, 0.4) is 0 Å². The van der Waals surface area contributed by atoms with Crippen molar-refractivity contribution in [2.45, 2.75) is 45.9 Å². The Hall–Kier alpha value is -2.48. The summed E-state index contributed by atoms with van der Waals surface area (Å²) in [6.45, 7) is 7.44. The van der Waals surface area contributed by atoms with Gasteiger partial charge in [0.25, 0.3) is 5.91 Å². The van der Waals surface area contributed by atoms with Gasteiger partial charge < -0.3 is 24.7 Å². The number of hydrogen-bond donors (Lipinski definition) is 2. The Bertz CT molecular complexity index is 1260. The van der Waals surface area contributed by atoms with E-state index in [1.54, 1.807) is 18.7 Å². The number of hydrogen-bond acceptors (Lipinski definition) is 9. The monoisotopic (exact) mass is 599 g/mol. The Balaban J connectivity index is 1.55. The van der Waals surface area contributed by atoms with Crippen LogP contribution in [0, 0.1) is 6.92 Å². The minimum absolute atomic E-state index is 0.232. The predicted octanol–water partition coefficient (Wildman–Crippen LogP) is 3.67. The highest BCUT2D eigenvalue weighted by molar-refractivity contribution is 9.10. The lowest BCUT2D eigenvalue weighted by molar-refractivity contribution is 0.0531. The van der Waals surface area contributed by atoms with Crippen LogP contribution in [-0.4, -0.2) is 75.6 Å². The maximum absolute atomic E-state index is 12.9. The highest BCUT2D eigenvalue weighted by atomic mass is 79.9. The van der Waals surface area contributed by atoms with Crippen LogP contribution in [0.25, 0.3) is 11.5 Å². The highest BCUT2D eigenvalue weighted by Gasteiger charge is 2.34. The molecular formula is C22H27BrClN7O4S. The van der Waals surface area contributed by atoms with Crippen LogP contribution in [-0.2, 0) is 16.0 Å². The maximum Gasteiger partial charge on any atom is 0.350 e. The lowest BCUT2D eigenvalue weighted by Gasteiger charge is -2.37. The van der Waals surface area contributed by atoms with Gasteiger partial charge in [-0.15, -0.1) is 0 Å². The second kappa shape index (κ2) is 11.3. The van der Waals surface area contributed by atoms with Gasteiger partial charge in [-0.2, -0.15) is 5.10 Å². The van der Waals surface area contributed by atoms with E-state index in [-0.39, 0.29) is 24.7 Å². The van der Waals surface area contributed by atoms with Gasteiger partial charge >= 0.3 is 5.97 Å². The molecule has 2 N–H and O–H groups in total. The first kappa shape index (κ1) is 26.6. The van der Waals surface area contributed by atoms with Crippen molar-refractivity contribution in [2.24, 2.45) is 0 Å². The van der Waals surface area contributed by atoms with Crippen LogP contribution in [0.5, 0.6) is 0 Å². The molecule has 0 aliphatic carbocycles. The van der Waals surface area contributed by atoms with Crippen LogP contribution in [0.2, 0.25) is 5.02 Å². The number of aromatic amines is 1. The Morgan fingerprint density at radius 1 is 1.39 bits per heavy atom. The zero-order chi connectivity index (χ0) is 26.0. The average Bonchev–Trinajstić information content (AvgIpc) is 3.58. The number of ether oxygens (including phenoxy) is 2. The number of esters is 1. The summed E-state index contributed by atoms with van der Waals surface area (Å²) in [6.07, 6.45) is 1.74. The Morgan fingerprint density at radius 2 is 2.17 bits per heavy atom. The smallest absolute Gasteiger partial charge is 0.350 e. The van der Waals surface area contributed by atoms with Crippen LogP contribution in [0.4, 0.5) is 5.13 Å². The molecule has 1 aliphatic heterocycles. The van der Waals surface area contributed by atoms with E-state index in [0.717, 1.165) is 5.69 Å². The second-order valence-electron chi connectivity index (χ2n) is 8.14. The minimum atomic E-state index is -0.448. The first-order valence-corrected chi connectivity index (χ1v) is 13.5. The summed E-state index contributed by atoms with van der Waals surface area (Å²) in [5.74, 6) is -0.233. The van der Waals surface area contributed by atoms with Gasteiger partial charge in [0.1, 0.15) is 22.6 Å². The van der Waals surface area contributed by atoms with Crippen molar-refractivity contribution in [1.82, 2.24) is 30.0 Å². The van der Waals surface area contributed by atoms with E-state index < -0.39 is 5.97 Å². The summed E-state index contributed by atoms with van der Waals surface area (Å²) < 4.78 is 13.4. The van der Waals surface area contributed by atoms with Gasteiger partial charge in [0, 0.05) is 32.4 Å². The Morgan fingerprint density at radius 3 is 2.81 bits per heavy atom. The highest BCUT2D eigenvalue weighted by Crippen LogP contribution is 2.35. The molecule has 11 nitrogen and oxygen atoms in total. The third-order valence-corrected chi connectivity index (χ3v) is 8.63. The van der Waals surface area contributed by atoms with Crippen LogP contribution >= 0.6 is 38.9 Å². The maximum atomic E-state index is 12.9. The number of carbonyl (C=O) groups excluding carboxylic acids is 2. The molecule has 4 heterocycles. The number of amides is 1. The number of H-pyrrole nitrogens is 1. The number of methoxy groups -OCH3 is 1. The molecule has 0 radical (unpaired) electrons. The van der Waals surface area contributed by atoms with Gasteiger partial charge in [-0.25, -0.2) is 19.4 Å². The lowest BCUT2D eigenvalue weighted by Crippen LogP contribution is -2.55. The van der Waals surface area contributed by atoms with E-state index in [2.05, 4.69) is 36.3 Å². The first-order valence-electron chi connectivity index (χ1n) is 11.5. The molecule has 0 aromatic carbocycles. The molecule has 0 saturated carbocycles. The zero-order valence-electron chi connectivity index (χ0n) is 20.3. The molecule has 0 bridgehead atoms. The van der Waals surface area contributed by atoms with Crippen molar-refractivity contribution in [3.8, 4) is 11.5 Å². The Kier molecular flexibility index (Phi) is 8.33. The fourth-order valence-corrected chi connectivity index (χ4v) is 5.63. The van der Waals surface area contributed by atoms with Crippen molar-refractivity contribution in [1.29, 1.82) is 0 Å². The average molecular weight is 601 g/mol. The van der Waals surface area contributed by atoms with E-state index in [0.29, 0.717) is 62.8 Å². The van der Waals surface area contributed by atoms with E-state index in [1.165, 1.54) is 17.7 Å². The SMILES string of the molecule is CCOC(=O)c1sc(N2CC[C@@H](NC(=O)c3[nH]c(C)c(Br)c3Cl)[C@@H](OC)C2)nc1-c1ncnn1CC. The van der Waals surface area contributed by atoms with Crippen molar-refractivity contribution >= 4 is 55.9 Å². The van der Waals surface area contributed by atoms with E-state index in [9.17, 15) is 9.59 Å². The third-order valence-electron chi connectivity index (χ3n) is 5.93. The molecule has 0 spiro atoms. The second-order valence-corrected chi connectivity index (χ2v) is 10.3. The van der Waals surface area contributed by atoms with Crippen molar-refractivity contribution < 1.29 is 19.1 Å². The molecule has 1 amide bonds. The number of aryl methyl sites for hydroxylation is 2. The molecule has 1 fully saturated rings. The number of aromatic nitrogens is 5. The zero-order valence-corrected chi connectivity index (χ0v) is 23.5. The minimum Gasteiger partial charge on any atom is -0.462 e. The predicted molar refractivity (Wildman–Crippen MR) is 140 cm³/mol. The van der Waals surface area contributed by atoms with Gasteiger partial charge in [0.15, 0.2) is 11.0 Å². The van der Waals surface area contributed by atoms with E-state index in [4.69, 9.17) is 26.1 Å². The number of halogens is 2. The molecule has 3 aromatic heterocycles. The van der Waals surface area contributed by atoms with Gasteiger partial charge in [-0.3, -0.25) is 4.79 Å². The van der Waals surface area contributed by atoms with Gasteiger partial charge in [0.05, 0.1) is 28.2 Å². The Labute approximate surface area is 225 Å². The molecule has 1 saturated heterocycles. The van der Waals surface area contributed by atoms with Crippen molar-refractivity contribution in [3.05, 3.63) is 32.1 Å². The summed E-state index contributed by atoms with van der Waals surface area (Å²) in [5, 5.41) is 8.24. The largest absolute Gasteiger partial charge is 0.462 e. The van der Waals surface area contributed by atoms with Gasteiger partial charge in [-0.05, 0) is 43.1 Å². The molecule has 36 heavy (non-hydrogen) atoms. The molecule has 2 atom stereocenters. The molecule has 3 aromatic rings. The summed E-state index contributed by atoms with van der Waals surface area (Å²) >= 11 is 10.9. The van der Waals surface area contributed by atoms with Crippen molar-refractivity contribution in [3.63, 3.8) is 0 Å². The fraction of sp³-hybridized carbons (Fsp3) is 0.500. The summed E-state index contributed by atoms with van der Waals surface area (Å²) in [4.78, 5) is 40.1. The first-order chi connectivity index (χ1) is 17.3. The molecule has 4 rings (SSSR count). The number of rotatable bonds is 8. The number of anilines is 1. The van der Waals surface area contributed by atoms with Gasteiger partial charge in [-0.1, -0.05) is 22.9 Å². The van der Waals surface area contributed by atoms with E-state index >= 15 is 0 Å². The molecular weight excluding hydrogens is 574 g/mol. The molecule has 0 unspecified atom stereocenters. The summed E-state index contributed by atoms with van der Waals surface area (Å²) in [5.41, 5.74) is 1.53. The number of nitrogens with one attached hydrogen (secondary N) is 2. The van der Waals surface area contributed by atoms with Crippen LogP contribution in [0.1, 0.15) is 46.1 Å². The molecule has 14 heteroatoms. The van der Waals surface area contributed by atoms with Crippen LogP contribution in [0.15, 0.2) is 10.8 Å². The number of thiazole rings is 1. The summed E-state index contributed by atoms with van der Waals surface area (Å²) in [6, 6.07) is -0.232. The standard InChI is InChI=1S/C22H27BrClN7O4S/c1-5-31-19(25-10-26-31)17-18(21(33)35-6-2)36-22(29-17)30-8-7-12(13(9-30)34-4)28-20(32)16-15(24)14(23)11(3)27-16/h10,12-13,27H,5-9H2,1-4H3,(H,28,32)/t12-,13+/m1/s1. The van der Waals surface area contributed by atoms with E-state index in [1.807, 2.05) is 18.7 Å². The molecule has 1 aliphatic rings. The molecule has 194 valence electrons. The number of piperidine rings is 1. The fourth-order valence-electron chi connectivity index (χ4n) is 4.07. The van der Waals surface area contributed by atoms with Crippen molar-refractivity contribution in [2.75, 3.05) is 31.7 Å². The quantitative estimate of drug-likeness (QED) is 0.375. The normalized spacial score (nSPS) is 17.9. The van der Waals surface area contributed by atoms with Crippen LogP contribution < -0.4 is 10.2 Å². The third kappa shape index (κ3) is 5.15. The lowest BCUT2D eigenvalue weighted by atomic mass is 10.0. The topological polar surface area (TPSA) is 127 Å².